The van der Waals surface area contributed by atoms with Crippen LogP contribution >= 0.6 is 0 Å². The molecule has 0 saturated heterocycles. The molecule has 1 rings (SSSR count). The summed E-state index contributed by atoms with van der Waals surface area (Å²) in [6, 6.07) is 5.49. The van der Waals surface area contributed by atoms with Crippen molar-refractivity contribution in [3.05, 3.63) is 53.6 Å². The van der Waals surface area contributed by atoms with Crippen molar-refractivity contribution >= 4 is 10.2 Å². The second-order valence-electron chi connectivity index (χ2n) is 3.97. The molecular weight excluding hydrogens is 396 g/mol. The maximum atomic E-state index is 10.9. The number of aryl methyl sites for hydroxylation is 1. The van der Waals surface area contributed by atoms with E-state index in [1.165, 1.54) is 23.3 Å². The van der Waals surface area contributed by atoms with E-state index >= 15 is 0 Å². The summed E-state index contributed by atoms with van der Waals surface area (Å²) in [6.45, 7) is 10.0. The van der Waals surface area contributed by atoms with Crippen LogP contribution in [0.1, 0.15) is 22.8 Å². The van der Waals surface area contributed by atoms with Crippen molar-refractivity contribution < 1.29 is 28.9 Å². The molecule has 0 spiro atoms. The quantitative estimate of drug-likeness (QED) is 0.409. The second kappa shape index (κ2) is 7.23. The monoisotopic (exact) mass is 411 g/mol. The average Bonchev–Trinajstić information content (AvgIpc) is 2.34. The Labute approximate surface area is 119 Å². The van der Waals surface area contributed by atoms with Gasteiger partial charge < -0.3 is 0 Å². The van der Waals surface area contributed by atoms with E-state index in [9.17, 15) is 4.79 Å². The van der Waals surface area contributed by atoms with Crippen molar-refractivity contribution in [3.8, 4) is 5.75 Å². The van der Waals surface area contributed by atoms with Crippen LogP contribution in [0.25, 0.3) is 0 Å². The van der Waals surface area contributed by atoms with Crippen LogP contribution in [-0.4, -0.2) is 16.8 Å². The molecule has 18 heavy (non-hydrogen) atoms. The van der Waals surface area contributed by atoms with Crippen LogP contribution in [0.15, 0.2) is 35.9 Å². The van der Waals surface area contributed by atoms with Gasteiger partial charge in [-0.2, -0.15) is 0 Å². The Morgan fingerprint density at radius 2 is 2.17 bits per heavy atom. The fourth-order valence-electron chi connectivity index (χ4n) is 1.33. The zero-order valence-electron chi connectivity index (χ0n) is 10.5. The van der Waals surface area contributed by atoms with E-state index in [4.69, 9.17) is 11.3 Å². The maximum absolute atomic E-state index is 10.9. The van der Waals surface area contributed by atoms with Gasteiger partial charge in [0.25, 0.3) is 0 Å². The summed E-state index contributed by atoms with van der Waals surface area (Å²) in [6.07, 6.45) is 4.59. The number of carbonyl (C=O) groups excluding carboxylic acids is 1. The van der Waals surface area contributed by atoms with Crippen LogP contribution < -0.4 is 4.74 Å². The van der Waals surface area contributed by atoms with Crippen molar-refractivity contribution in [1.29, 1.82) is 0 Å². The molecule has 0 aliphatic carbocycles. The topological polar surface area (TPSA) is 26.3 Å². The summed E-state index contributed by atoms with van der Waals surface area (Å²) in [4.78, 5) is 10.9. The number of rotatable bonds is 6. The Hall–Kier alpha value is -1.27. The first kappa shape index (κ1) is 14.8. The normalized spacial score (nSPS) is 10.3. The summed E-state index contributed by atoms with van der Waals surface area (Å²) < 4.78 is 6.78. The Bertz CT molecular complexity index is 501. The number of benzene rings is 1. The van der Waals surface area contributed by atoms with Crippen LogP contribution in [0.4, 0.5) is 0 Å². The van der Waals surface area contributed by atoms with Gasteiger partial charge in [-0.1, -0.05) is 0 Å². The van der Waals surface area contributed by atoms with E-state index in [0.29, 0.717) is 16.9 Å². The van der Waals surface area contributed by atoms with E-state index < -0.39 is 0 Å². The summed E-state index contributed by atoms with van der Waals surface area (Å²) in [5.74, 6) is 0.565. The van der Waals surface area contributed by atoms with Crippen molar-refractivity contribution in [3.63, 3.8) is 0 Å². The number of allylic oxidation sites excluding steroid dienone is 1. The van der Waals surface area contributed by atoms with Crippen LogP contribution in [0.5, 0.6) is 5.75 Å². The van der Waals surface area contributed by atoms with E-state index in [-0.39, 0.29) is 6.61 Å². The van der Waals surface area contributed by atoms with Crippen molar-refractivity contribution in [1.82, 2.24) is 0 Å². The van der Waals surface area contributed by atoms with E-state index in [1.54, 1.807) is 12.1 Å². The number of carbonyl (C=O) groups is 1. The van der Waals surface area contributed by atoms with Gasteiger partial charge in [-0.05, 0) is 0 Å². The van der Waals surface area contributed by atoms with Gasteiger partial charge >= 0.3 is 119 Å². The molecule has 0 aromatic heterocycles. The predicted molar refractivity (Wildman–Crippen MR) is 69.7 cm³/mol. The van der Waals surface area contributed by atoms with Gasteiger partial charge in [0.05, 0.1) is 0 Å². The van der Waals surface area contributed by atoms with Crippen molar-refractivity contribution in [2.45, 2.75) is 13.8 Å². The molecule has 0 N–H and O–H groups in total. The fraction of sp³-hybridized carbons (Fsp3) is 0.200. The molecule has 1 aromatic rings. The molecular formula is C15H15O2W-. The third-order valence-electron chi connectivity index (χ3n) is 2.22. The van der Waals surface area contributed by atoms with E-state index in [0.717, 1.165) is 11.8 Å². The molecule has 0 bridgehead atoms. The zero-order valence-corrected chi connectivity index (χ0v) is 13.4. The molecule has 0 heterocycles. The molecule has 0 unspecified atom stereocenters. The average molecular weight is 411 g/mol. The van der Waals surface area contributed by atoms with Gasteiger partial charge in [-0.15, -0.1) is 0 Å². The van der Waals surface area contributed by atoms with Crippen LogP contribution in [0.2, 0.25) is 0 Å². The van der Waals surface area contributed by atoms with Crippen molar-refractivity contribution in [2.75, 3.05) is 6.61 Å². The Kier molecular flexibility index (Phi) is 5.94. The second-order valence-corrected chi connectivity index (χ2v) is 6.28. The minimum atomic E-state index is 0.281. The number of aldehydes is 1. The molecule has 3 heteroatoms. The molecule has 94 valence electrons. The Morgan fingerprint density at radius 1 is 1.44 bits per heavy atom. The van der Waals surface area contributed by atoms with Gasteiger partial charge in [-0.3, -0.25) is 0 Å². The van der Waals surface area contributed by atoms with E-state index in [1.807, 2.05) is 32.1 Å². The van der Waals surface area contributed by atoms with Gasteiger partial charge in [-0.25, -0.2) is 0 Å². The SMILES string of the molecule is [CH-]=C(/C=C\[C](C)=[W])COc1ccc(C)cc1C=O. The van der Waals surface area contributed by atoms with Gasteiger partial charge in [0.2, 0.25) is 0 Å². The first-order chi connectivity index (χ1) is 8.52. The van der Waals surface area contributed by atoms with Crippen LogP contribution in [-0.2, 0) is 19.4 Å². The van der Waals surface area contributed by atoms with Gasteiger partial charge in [0.15, 0.2) is 0 Å². The molecule has 0 fully saturated rings. The Balaban J connectivity index is 2.66. The number of ether oxygens (including phenoxy) is 1. The Morgan fingerprint density at radius 3 is 2.78 bits per heavy atom. The van der Waals surface area contributed by atoms with Crippen LogP contribution in [0, 0.1) is 13.5 Å². The zero-order chi connectivity index (χ0) is 13.5. The number of hydrogen-bond acceptors (Lipinski definition) is 2. The molecule has 0 amide bonds. The molecule has 1 aromatic carbocycles. The summed E-state index contributed by atoms with van der Waals surface area (Å²) in [5, 5.41) is 0. The molecule has 0 saturated carbocycles. The molecule has 0 aliphatic rings. The van der Waals surface area contributed by atoms with Crippen LogP contribution in [0.3, 0.4) is 0 Å². The van der Waals surface area contributed by atoms with Gasteiger partial charge in [0.1, 0.15) is 0 Å². The standard InChI is InChI=1S/C15H15O2.W/c1-4-5-6-13(3)11-17-15-8-7-12(2)9-14(15)10-16;/h3,5-10H,11H2,1-2H3;/q-1;/b6-5-;. The molecule has 0 atom stereocenters. The first-order valence-electron chi connectivity index (χ1n) is 5.51. The minimum absolute atomic E-state index is 0.281. The van der Waals surface area contributed by atoms with E-state index in [2.05, 4.69) is 0 Å². The predicted octanol–water partition coefficient (Wildman–Crippen LogP) is 2.84. The molecule has 0 aliphatic heterocycles. The third-order valence-corrected chi connectivity index (χ3v) is 2.71. The number of hydrogen-bond donors (Lipinski definition) is 0. The summed E-state index contributed by atoms with van der Waals surface area (Å²) in [7, 11) is 0. The summed E-state index contributed by atoms with van der Waals surface area (Å²) >= 11 is 1.41. The van der Waals surface area contributed by atoms with Gasteiger partial charge in [0, 0.05) is 0 Å². The van der Waals surface area contributed by atoms with Crippen molar-refractivity contribution in [2.24, 2.45) is 0 Å². The first-order valence-corrected chi connectivity index (χ1v) is 6.98. The third kappa shape index (κ3) is 4.93. The molecule has 2 nitrogen and oxygen atoms in total. The fourth-order valence-corrected chi connectivity index (χ4v) is 1.57. The molecule has 0 radical (unpaired) electrons. The summed E-state index contributed by atoms with van der Waals surface area (Å²) in [5.41, 5.74) is 2.21.